The van der Waals surface area contributed by atoms with Gasteiger partial charge in [0.2, 0.25) is 0 Å². The molecular formula is C12H17N7O. The van der Waals surface area contributed by atoms with Gasteiger partial charge in [-0.2, -0.15) is 0 Å². The fraction of sp³-hybridized carbons (Fsp3) is 0.500. The van der Waals surface area contributed by atoms with E-state index in [1.807, 2.05) is 17.8 Å². The summed E-state index contributed by atoms with van der Waals surface area (Å²) in [6.07, 6.45) is 5.28. The zero-order valence-corrected chi connectivity index (χ0v) is 11.5. The fourth-order valence-corrected chi connectivity index (χ4v) is 2.04. The first kappa shape index (κ1) is 12.8. The molecule has 3 rings (SSSR count). The van der Waals surface area contributed by atoms with Crippen LogP contribution in [0.3, 0.4) is 0 Å². The minimum atomic E-state index is -0.147. The Bertz CT molecular complexity index is 613. The quantitative estimate of drug-likeness (QED) is 0.808. The van der Waals surface area contributed by atoms with Crippen LogP contribution in [0.1, 0.15) is 22.4 Å². The van der Waals surface area contributed by atoms with Crippen molar-refractivity contribution in [2.45, 2.75) is 12.6 Å². The Hall–Kier alpha value is -2.22. The van der Waals surface area contributed by atoms with Gasteiger partial charge in [-0.15, -0.1) is 5.10 Å². The summed E-state index contributed by atoms with van der Waals surface area (Å²) in [7, 11) is 3.64. The van der Waals surface area contributed by atoms with Crippen LogP contribution in [0, 0.1) is 0 Å². The van der Waals surface area contributed by atoms with Crippen molar-refractivity contribution >= 4 is 5.91 Å². The van der Waals surface area contributed by atoms with E-state index < -0.39 is 0 Å². The molecule has 2 aromatic rings. The Morgan fingerprint density at radius 1 is 1.55 bits per heavy atom. The summed E-state index contributed by atoms with van der Waals surface area (Å²) in [4.78, 5) is 18.1. The number of imidazole rings is 1. The summed E-state index contributed by atoms with van der Waals surface area (Å²) in [5.74, 6) is 0.683. The van der Waals surface area contributed by atoms with E-state index in [-0.39, 0.29) is 5.91 Å². The van der Waals surface area contributed by atoms with Gasteiger partial charge in [0.25, 0.3) is 5.91 Å². The summed E-state index contributed by atoms with van der Waals surface area (Å²) in [6, 6.07) is 0.309. The number of aryl methyl sites for hydroxylation is 1. The van der Waals surface area contributed by atoms with Gasteiger partial charge in [-0.05, 0) is 0 Å². The topological polar surface area (TPSA) is 80.9 Å². The van der Waals surface area contributed by atoms with E-state index in [1.165, 1.54) is 0 Å². The number of carbonyl (C=O) groups excluding carboxylic acids is 1. The molecule has 1 aliphatic heterocycles. The molecule has 2 aromatic heterocycles. The number of aromatic nitrogens is 5. The molecule has 0 aliphatic carbocycles. The summed E-state index contributed by atoms with van der Waals surface area (Å²) in [5.41, 5.74) is 0.369. The third-order valence-corrected chi connectivity index (χ3v) is 3.51. The van der Waals surface area contributed by atoms with Crippen molar-refractivity contribution in [2.75, 3.05) is 20.1 Å². The number of hydrogen-bond acceptors (Lipinski definition) is 5. The Labute approximate surface area is 116 Å². The Balaban J connectivity index is 1.68. The van der Waals surface area contributed by atoms with Crippen molar-refractivity contribution in [1.29, 1.82) is 0 Å². The zero-order valence-electron chi connectivity index (χ0n) is 11.5. The smallest absolute Gasteiger partial charge is 0.276 e. The largest absolute Gasteiger partial charge is 0.337 e. The van der Waals surface area contributed by atoms with E-state index in [4.69, 9.17) is 0 Å². The Morgan fingerprint density at radius 2 is 2.35 bits per heavy atom. The van der Waals surface area contributed by atoms with E-state index in [0.717, 1.165) is 18.9 Å². The molecular weight excluding hydrogens is 258 g/mol. The van der Waals surface area contributed by atoms with Gasteiger partial charge < -0.3 is 14.8 Å². The van der Waals surface area contributed by atoms with Crippen LogP contribution in [0.25, 0.3) is 0 Å². The van der Waals surface area contributed by atoms with Gasteiger partial charge in [0.1, 0.15) is 5.82 Å². The fourth-order valence-electron chi connectivity index (χ4n) is 2.04. The minimum absolute atomic E-state index is 0.147. The number of nitrogens with zero attached hydrogens (tertiary/aromatic N) is 6. The number of carbonyl (C=O) groups is 1. The standard InChI is InChI=1S/C12H17N7O/c1-17-4-3-14-11(17)8-18(2)12(20)10-7-19(16-15-10)9-5-13-6-9/h3-4,7,9,13H,5-6,8H2,1-2H3. The van der Waals surface area contributed by atoms with Crippen molar-refractivity contribution < 1.29 is 4.79 Å². The molecule has 8 heteroatoms. The van der Waals surface area contributed by atoms with Crippen LogP contribution in [0.5, 0.6) is 0 Å². The first-order valence-electron chi connectivity index (χ1n) is 6.49. The lowest BCUT2D eigenvalue weighted by atomic mass is 10.2. The summed E-state index contributed by atoms with van der Waals surface area (Å²) < 4.78 is 3.64. The van der Waals surface area contributed by atoms with Crippen LogP contribution < -0.4 is 5.32 Å². The molecule has 8 nitrogen and oxygen atoms in total. The van der Waals surface area contributed by atoms with Gasteiger partial charge in [-0.25, -0.2) is 9.67 Å². The molecule has 1 aliphatic rings. The molecule has 0 bridgehead atoms. The Morgan fingerprint density at radius 3 is 2.95 bits per heavy atom. The molecule has 1 amide bonds. The number of amides is 1. The van der Waals surface area contributed by atoms with E-state index in [1.54, 1.807) is 29.0 Å². The van der Waals surface area contributed by atoms with Crippen molar-refractivity contribution in [3.8, 4) is 0 Å². The molecule has 0 aromatic carbocycles. The molecule has 1 N–H and O–H groups in total. The van der Waals surface area contributed by atoms with Crippen LogP contribution in [-0.2, 0) is 13.6 Å². The lowest BCUT2D eigenvalue weighted by Gasteiger charge is -2.26. The maximum atomic E-state index is 12.3. The van der Waals surface area contributed by atoms with Gasteiger partial charge in [-0.3, -0.25) is 4.79 Å². The van der Waals surface area contributed by atoms with Crippen LogP contribution >= 0.6 is 0 Å². The average molecular weight is 275 g/mol. The van der Waals surface area contributed by atoms with E-state index in [9.17, 15) is 4.79 Å². The van der Waals surface area contributed by atoms with Gasteiger partial charge >= 0.3 is 0 Å². The second-order valence-corrected chi connectivity index (χ2v) is 5.01. The van der Waals surface area contributed by atoms with Gasteiger partial charge in [-0.1, -0.05) is 5.21 Å². The molecule has 0 unspecified atom stereocenters. The monoisotopic (exact) mass is 275 g/mol. The summed E-state index contributed by atoms with van der Waals surface area (Å²) >= 11 is 0. The first-order valence-corrected chi connectivity index (χ1v) is 6.49. The van der Waals surface area contributed by atoms with Crippen LogP contribution in [0.2, 0.25) is 0 Å². The average Bonchev–Trinajstić information content (AvgIpc) is 2.97. The summed E-state index contributed by atoms with van der Waals surface area (Å²) in [6.45, 7) is 2.19. The predicted octanol–water partition coefficient (Wildman–Crippen LogP) is -0.572. The Kier molecular flexibility index (Phi) is 3.23. The second kappa shape index (κ2) is 5.04. The number of nitrogens with one attached hydrogen (secondary N) is 1. The molecule has 1 saturated heterocycles. The SMILES string of the molecule is CN(Cc1nccn1C)C(=O)c1cn(C2CNC2)nn1. The minimum Gasteiger partial charge on any atom is -0.337 e. The molecule has 0 spiro atoms. The lowest BCUT2D eigenvalue weighted by molar-refractivity contribution is 0.0774. The highest BCUT2D eigenvalue weighted by Gasteiger charge is 2.23. The maximum absolute atomic E-state index is 12.3. The predicted molar refractivity (Wildman–Crippen MR) is 70.9 cm³/mol. The number of rotatable bonds is 4. The van der Waals surface area contributed by atoms with E-state index in [2.05, 4.69) is 20.6 Å². The maximum Gasteiger partial charge on any atom is 0.276 e. The van der Waals surface area contributed by atoms with Crippen molar-refractivity contribution in [3.63, 3.8) is 0 Å². The highest BCUT2D eigenvalue weighted by atomic mass is 16.2. The second-order valence-electron chi connectivity index (χ2n) is 5.01. The van der Waals surface area contributed by atoms with Crippen molar-refractivity contribution in [2.24, 2.45) is 7.05 Å². The highest BCUT2D eigenvalue weighted by Crippen LogP contribution is 2.11. The van der Waals surface area contributed by atoms with E-state index >= 15 is 0 Å². The van der Waals surface area contributed by atoms with Gasteiger partial charge in [0, 0.05) is 39.6 Å². The first-order chi connectivity index (χ1) is 9.65. The number of hydrogen-bond donors (Lipinski definition) is 1. The van der Waals surface area contributed by atoms with Gasteiger partial charge in [0.15, 0.2) is 5.69 Å². The van der Waals surface area contributed by atoms with Crippen LogP contribution in [0.15, 0.2) is 18.6 Å². The van der Waals surface area contributed by atoms with Crippen LogP contribution in [0.4, 0.5) is 0 Å². The molecule has 20 heavy (non-hydrogen) atoms. The van der Waals surface area contributed by atoms with Gasteiger partial charge in [0.05, 0.1) is 18.8 Å². The molecule has 0 radical (unpaired) electrons. The summed E-state index contributed by atoms with van der Waals surface area (Å²) in [5, 5.41) is 11.1. The third kappa shape index (κ3) is 2.29. The van der Waals surface area contributed by atoms with Crippen molar-refractivity contribution in [3.05, 3.63) is 30.1 Å². The third-order valence-electron chi connectivity index (χ3n) is 3.51. The van der Waals surface area contributed by atoms with Crippen molar-refractivity contribution in [1.82, 2.24) is 34.8 Å². The molecule has 106 valence electrons. The molecule has 1 fully saturated rings. The lowest BCUT2D eigenvalue weighted by Crippen LogP contribution is -2.43. The normalized spacial score (nSPS) is 15.1. The highest BCUT2D eigenvalue weighted by molar-refractivity contribution is 5.91. The molecule has 0 saturated carbocycles. The zero-order chi connectivity index (χ0) is 14.1. The van der Waals surface area contributed by atoms with Crippen LogP contribution in [-0.4, -0.2) is 55.5 Å². The molecule has 0 atom stereocenters. The molecule has 3 heterocycles. The van der Waals surface area contributed by atoms with E-state index in [0.29, 0.717) is 18.3 Å².